The predicted molar refractivity (Wildman–Crippen MR) is 119 cm³/mol. The van der Waals surface area contributed by atoms with Crippen molar-refractivity contribution in [2.24, 2.45) is 5.92 Å². The quantitative estimate of drug-likeness (QED) is 0.373. The van der Waals surface area contributed by atoms with Crippen molar-refractivity contribution in [3.63, 3.8) is 0 Å². The van der Waals surface area contributed by atoms with Gasteiger partial charge in [0, 0.05) is 28.2 Å². The van der Waals surface area contributed by atoms with Crippen molar-refractivity contribution in [2.75, 3.05) is 0 Å². The van der Waals surface area contributed by atoms with E-state index in [1.54, 1.807) is 0 Å². The number of rotatable bonds is 4. The highest BCUT2D eigenvalue weighted by Gasteiger charge is 2.20. The van der Waals surface area contributed by atoms with Gasteiger partial charge in [-0.15, -0.1) is 0 Å². The fourth-order valence-electron chi connectivity index (χ4n) is 4.85. The number of benzene rings is 1. The summed E-state index contributed by atoms with van der Waals surface area (Å²) in [4.78, 5) is 9.45. The molecular weight excluding hydrogens is 356 g/mol. The van der Waals surface area contributed by atoms with Gasteiger partial charge in [-0.1, -0.05) is 51.7 Å². The monoisotopic (exact) mass is 384 g/mol. The van der Waals surface area contributed by atoms with Gasteiger partial charge in [0.15, 0.2) is 0 Å². The Labute approximate surface area is 172 Å². The minimum absolute atomic E-state index is 0.488. The van der Waals surface area contributed by atoms with E-state index in [2.05, 4.69) is 55.4 Å². The molecule has 1 aliphatic carbocycles. The molecule has 3 heterocycles. The lowest BCUT2D eigenvalue weighted by atomic mass is 9.90. The van der Waals surface area contributed by atoms with Gasteiger partial charge in [0.1, 0.15) is 5.58 Å². The molecule has 0 bridgehead atoms. The van der Waals surface area contributed by atoms with Crippen molar-refractivity contribution >= 4 is 22.1 Å². The van der Waals surface area contributed by atoms with Crippen LogP contribution in [0.3, 0.4) is 0 Å². The first-order valence-corrected chi connectivity index (χ1v) is 10.9. The summed E-state index contributed by atoms with van der Waals surface area (Å²) in [7, 11) is 0. The van der Waals surface area contributed by atoms with Crippen LogP contribution in [0.4, 0.5) is 0 Å². The second kappa shape index (κ2) is 7.29. The molecule has 3 aromatic heterocycles. The Hall–Kier alpha value is -2.68. The topological polar surface area (TPSA) is 38.9 Å². The van der Waals surface area contributed by atoms with Crippen LogP contribution in [0.5, 0.6) is 0 Å². The number of furan rings is 1. The first-order valence-electron chi connectivity index (χ1n) is 10.9. The molecule has 0 aliphatic heterocycles. The number of pyridine rings is 2. The van der Waals surface area contributed by atoms with Crippen molar-refractivity contribution < 1.29 is 4.42 Å². The van der Waals surface area contributed by atoms with E-state index in [9.17, 15) is 0 Å². The molecular formula is C26H28N2O. The molecule has 148 valence electrons. The third-order valence-electron chi connectivity index (χ3n) is 6.41. The van der Waals surface area contributed by atoms with Crippen LogP contribution < -0.4 is 0 Å². The SMILES string of the molecule is Cc1ccc2c(n1)oc1c(-c3cc(CC4CCCC4)c(C(C)C)cn3)cccc12. The largest absolute Gasteiger partial charge is 0.437 e. The number of hydrogen-bond donors (Lipinski definition) is 0. The molecule has 29 heavy (non-hydrogen) atoms. The maximum Gasteiger partial charge on any atom is 0.227 e. The van der Waals surface area contributed by atoms with Gasteiger partial charge in [-0.25, -0.2) is 4.98 Å². The summed E-state index contributed by atoms with van der Waals surface area (Å²) in [5.74, 6) is 1.30. The van der Waals surface area contributed by atoms with E-state index in [-0.39, 0.29) is 0 Å². The summed E-state index contributed by atoms with van der Waals surface area (Å²) < 4.78 is 6.22. The molecule has 3 nitrogen and oxygen atoms in total. The minimum Gasteiger partial charge on any atom is -0.437 e. The summed E-state index contributed by atoms with van der Waals surface area (Å²) in [6, 6.07) is 12.8. The zero-order valence-corrected chi connectivity index (χ0v) is 17.5. The second-order valence-electron chi connectivity index (χ2n) is 8.87. The van der Waals surface area contributed by atoms with Gasteiger partial charge in [0.2, 0.25) is 5.71 Å². The molecule has 4 aromatic rings. The van der Waals surface area contributed by atoms with Crippen LogP contribution in [0.15, 0.2) is 47.0 Å². The van der Waals surface area contributed by atoms with E-state index >= 15 is 0 Å². The van der Waals surface area contributed by atoms with Crippen LogP contribution in [-0.2, 0) is 6.42 Å². The normalized spacial score (nSPS) is 15.2. The summed E-state index contributed by atoms with van der Waals surface area (Å²) in [5, 5.41) is 2.18. The molecule has 0 atom stereocenters. The van der Waals surface area contributed by atoms with Gasteiger partial charge >= 0.3 is 0 Å². The molecule has 1 aromatic carbocycles. The maximum absolute atomic E-state index is 6.22. The van der Waals surface area contributed by atoms with E-state index < -0.39 is 0 Å². The molecule has 0 saturated heterocycles. The molecule has 1 saturated carbocycles. The summed E-state index contributed by atoms with van der Waals surface area (Å²) in [6.07, 6.45) is 8.74. The van der Waals surface area contributed by atoms with Crippen molar-refractivity contribution in [2.45, 2.75) is 58.8 Å². The highest BCUT2D eigenvalue weighted by Crippen LogP contribution is 2.37. The van der Waals surface area contributed by atoms with Gasteiger partial charge in [-0.2, -0.15) is 0 Å². The first-order chi connectivity index (χ1) is 14.1. The summed E-state index contributed by atoms with van der Waals surface area (Å²) in [5.41, 5.74) is 7.46. The Morgan fingerprint density at radius 1 is 1.07 bits per heavy atom. The Kier molecular flexibility index (Phi) is 4.61. The zero-order chi connectivity index (χ0) is 20.0. The van der Waals surface area contributed by atoms with E-state index in [0.717, 1.165) is 39.2 Å². The van der Waals surface area contributed by atoms with Crippen molar-refractivity contribution in [1.29, 1.82) is 0 Å². The van der Waals surface area contributed by atoms with Crippen LogP contribution in [0.2, 0.25) is 0 Å². The van der Waals surface area contributed by atoms with Gasteiger partial charge in [0.05, 0.1) is 5.69 Å². The highest BCUT2D eigenvalue weighted by atomic mass is 16.3. The van der Waals surface area contributed by atoms with E-state index in [4.69, 9.17) is 9.40 Å². The molecule has 1 aliphatic rings. The average Bonchev–Trinajstić information content (AvgIpc) is 3.34. The number of para-hydroxylation sites is 1. The molecule has 0 N–H and O–H groups in total. The van der Waals surface area contributed by atoms with Crippen LogP contribution in [-0.4, -0.2) is 9.97 Å². The molecule has 1 fully saturated rings. The van der Waals surface area contributed by atoms with Crippen molar-refractivity contribution in [3.05, 3.63) is 59.4 Å². The van der Waals surface area contributed by atoms with Gasteiger partial charge in [-0.05, 0) is 60.6 Å². The van der Waals surface area contributed by atoms with E-state index in [0.29, 0.717) is 11.6 Å². The number of aromatic nitrogens is 2. The lowest BCUT2D eigenvalue weighted by Crippen LogP contribution is -2.05. The average molecular weight is 385 g/mol. The number of nitrogens with zero attached hydrogens (tertiary/aromatic N) is 2. The first kappa shape index (κ1) is 18.4. The number of hydrogen-bond acceptors (Lipinski definition) is 3. The van der Waals surface area contributed by atoms with Crippen molar-refractivity contribution in [3.8, 4) is 11.3 Å². The second-order valence-corrected chi connectivity index (χ2v) is 8.87. The number of aryl methyl sites for hydroxylation is 1. The van der Waals surface area contributed by atoms with Crippen LogP contribution >= 0.6 is 0 Å². The fourth-order valence-corrected chi connectivity index (χ4v) is 4.85. The fraction of sp³-hybridized carbons (Fsp3) is 0.385. The van der Waals surface area contributed by atoms with Gasteiger partial charge < -0.3 is 4.42 Å². The number of fused-ring (bicyclic) bond motifs is 3. The Bertz CT molecular complexity index is 1180. The predicted octanol–water partition coefficient (Wildman–Crippen LogP) is 7.21. The molecule has 0 spiro atoms. The third kappa shape index (κ3) is 3.33. The van der Waals surface area contributed by atoms with Crippen molar-refractivity contribution in [1.82, 2.24) is 9.97 Å². The maximum atomic E-state index is 6.22. The van der Waals surface area contributed by atoms with Gasteiger partial charge in [-0.3, -0.25) is 4.98 Å². The van der Waals surface area contributed by atoms with Crippen LogP contribution in [0, 0.1) is 12.8 Å². The zero-order valence-electron chi connectivity index (χ0n) is 17.5. The minimum atomic E-state index is 0.488. The summed E-state index contributed by atoms with van der Waals surface area (Å²) >= 11 is 0. The Morgan fingerprint density at radius 3 is 2.69 bits per heavy atom. The molecule has 0 unspecified atom stereocenters. The smallest absolute Gasteiger partial charge is 0.227 e. The highest BCUT2D eigenvalue weighted by molar-refractivity contribution is 6.08. The molecule has 0 amide bonds. The van der Waals surface area contributed by atoms with E-state index in [1.807, 2.05) is 13.0 Å². The Balaban J connectivity index is 1.65. The summed E-state index contributed by atoms with van der Waals surface area (Å²) in [6.45, 7) is 6.53. The standard InChI is InChI=1S/C26H28N2O/c1-16(2)23-15-27-24(14-19(23)13-18-7-4-5-8-18)22-10-6-9-20-21-12-11-17(3)28-26(21)29-25(20)22/h6,9-12,14-16,18H,4-5,7-8,13H2,1-3H3. The molecule has 3 heteroatoms. The lowest BCUT2D eigenvalue weighted by molar-refractivity contribution is 0.542. The molecule has 5 rings (SSSR count). The van der Waals surface area contributed by atoms with Crippen LogP contribution in [0.25, 0.3) is 33.3 Å². The van der Waals surface area contributed by atoms with Crippen LogP contribution in [0.1, 0.15) is 62.3 Å². The lowest BCUT2D eigenvalue weighted by Gasteiger charge is -2.17. The Morgan fingerprint density at radius 2 is 1.90 bits per heavy atom. The van der Waals surface area contributed by atoms with E-state index in [1.165, 1.54) is 43.2 Å². The van der Waals surface area contributed by atoms with Gasteiger partial charge in [0.25, 0.3) is 0 Å². The molecule has 0 radical (unpaired) electrons. The third-order valence-corrected chi connectivity index (χ3v) is 6.41.